The highest BCUT2D eigenvalue weighted by atomic mass is 16.5. The van der Waals surface area contributed by atoms with Gasteiger partial charge in [-0.1, -0.05) is 24.3 Å². The maximum absolute atomic E-state index is 12.5. The van der Waals surface area contributed by atoms with Crippen LogP contribution in [0.5, 0.6) is 5.75 Å². The summed E-state index contributed by atoms with van der Waals surface area (Å²) < 4.78 is 7.52. The molecule has 0 spiro atoms. The summed E-state index contributed by atoms with van der Waals surface area (Å²) in [4.78, 5) is 17.0. The van der Waals surface area contributed by atoms with Gasteiger partial charge in [-0.25, -0.2) is 4.98 Å². The fourth-order valence-corrected chi connectivity index (χ4v) is 3.46. The molecule has 128 valence electrons. The minimum atomic E-state index is -0.421. The van der Waals surface area contributed by atoms with Gasteiger partial charge in [0.15, 0.2) is 0 Å². The van der Waals surface area contributed by atoms with E-state index in [-0.39, 0.29) is 12.2 Å². The number of benzene rings is 2. The average molecular weight is 336 g/mol. The highest BCUT2D eigenvalue weighted by molar-refractivity contribution is 5.77. The van der Waals surface area contributed by atoms with E-state index in [9.17, 15) is 9.90 Å². The number of hydrogen-bond acceptors (Lipinski definition) is 4. The van der Waals surface area contributed by atoms with Crippen LogP contribution in [0.1, 0.15) is 35.9 Å². The average Bonchev–Trinajstić information content (AvgIpc) is 2.64. The first-order valence-electron chi connectivity index (χ1n) is 8.52. The van der Waals surface area contributed by atoms with Crippen molar-refractivity contribution in [3.63, 3.8) is 0 Å². The number of nitrogens with zero attached hydrogens (tertiary/aromatic N) is 2. The van der Waals surface area contributed by atoms with E-state index in [0.29, 0.717) is 16.7 Å². The van der Waals surface area contributed by atoms with Gasteiger partial charge in [-0.2, -0.15) is 0 Å². The van der Waals surface area contributed by atoms with Crippen LogP contribution >= 0.6 is 0 Å². The first-order chi connectivity index (χ1) is 12.1. The fourth-order valence-electron chi connectivity index (χ4n) is 3.46. The second kappa shape index (κ2) is 6.33. The van der Waals surface area contributed by atoms with Crippen LogP contribution in [0.2, 0.25) is 0 Å². The van der Waals surface area contributed by atoms with Crippen molar-refractivity contribution < 1.29 is 9.84 Å². The maximum atomic E-state index is 12.5. The summed E-state index contributed by atoms with van der Waals surface area (Å²) in [5.74, 6) is 1.34. The summed E-state index contributed by atoms with van der Waals surface area (Å²) in [5.41, 5.74) is 2.61. The largest absolute Gasteiger partial charge is 0.485 e. The highest BCUT2D eigenvalue weighted by Gasteiger charge is 2.21. The zero-order valence-corrected chi connectivity index (χ0v) is 14.1. The van der Waals surface area contributed by atoms with Crippen LogP contribution in [0.15, 0.2) is 47.3 Å². The lowest BCUT2D eigenvalue weighted by atomic mass is 9.89. The summed E-state index contributed by atoms with van der Waals surface area (Å²) in [7, 11) is 1.71. The molecule has 25 heavy (non-hydrogen) atoms. The molecular weight excluding hydrogens is 316 g/mol. The van der Waals surface area contributed by atoms with Gasteiger partial charge in [-0.15, -0.1) is 0 Å². The Labute approximate surface area is 145 Å². The maximum Gasteiger partial charge on any atom is 0.261 e. The van der Waals surface area contributed by atoms with Crippen molar-refractivity contribution in [2.75, 3.05) is 0 Å². The van der Waals surface area contributed by atoms with Crippen molar-refractivity contribution in [3.8, 4) is 5.75 Å². The first kappa shape index (κ1) is 15.8. The lowest BCUT2D eigenvalue weighted by Gasteiger charge is -2.23. The van der Waals surface area contributed by atoms with Crippen LogP contribution in [-0.4, -0.2) is 14.7 Å². The van der Waals surface area contributed by atoms with Gasteiger partial charge in [0.2, 0.25) is 0 Å². The SMILES string of the molecule is Cn1c(COc2cccc3c2CCCC3O)nc2ccccc2c1=O. The Hall–Kier alpha value is -2.66. The highest BCUT2D eigenvalue weighted by Crippen LogP contribution is 2.35. The van der Waals surface area contributed by atoms with E-state index in [2.05, 4.69) is 4.98 Å². The lowest BCUT2D eigenvalue weighted by molar-refractivity contribution is 0.155. The molecule has 2 aromatic carbocycles. The summed E-state index contributed by atoms with van der Waals surface area (Å²) in [6, 6.07) is 13.1. The molecule has 5 nitrogen and oxygen atoms in total. The third-order valence-electron chi connectivity index (χ3n) is 4.87. The predicted octanol–water partition coefficient (Wildman–Crippen LogP) is 2.88. The molecule has 1 unspecified atom stereocenters. The van der Waals surface area contributed by atoms with E-state index < -0.39 is 6.10 Å². The van der Waals surface area contributed by atoms with Crippen LogP contribution in [0.4, 0.5) is 0 Å². The molecule has 4 rings (SSSR count). The topological polar surface area (TPSA) is 64.3 Å². The normalized spacial score (nSPS) is 16.6. The summed E-state index contributed by atoms with van der Waals surface area (Å²) in [5, 5.41) is 10.8. The molecule has 1 N–H and O–H groups in total. The number of fused-ring (bicyclic) bond motifs is 2. The predicted molar refractivity (Wildman–Crippen MR) is 95.7 cm³/mol. The molecule has 1 heterocycles. The summed E-state index contributed by atoms with van der Waals surface area (Å²) in [6.45, 7) is 0.211. The van der Waals surface area contributed by atoms with Gasteiger partial charge in [-0.3, -0.25) is 9.36 Å². The Bertz CT molecular complexity index is 994. The zero-order chi connectivity index (χ0) is 17.4. The van der Waals surface area contributed by atoms with Gasteiger partial charge in [-0.05, 0) is 48.6 Å². The van der Waals surface area contributed by atoms with Crippen molar-refractivity contribution in [1.82, 2.24) is 9.55 Å². The minimum Gasteiger partial charge on any atom is -0.485 e. The van der Waals surface area contributed by atoms with Crippen LogP contribution in [0.25, 0.3) is 10.9 Å². The van der Waals surface area contributed by atoms with E-state index >= 15 is 0 Å². The molecule has 1 aromatic heterocycles. The van der Waals surface area contributed by atoms with E-state index in [1.807, 2.05) is 36.4 Å². The van der Waals surface area contributed by atoms with Gasteiger partial charge < -0.3 is 9.84 Å². The van der Waals surface area contributed by atoms with Gasteiger partial charge >= 0.3 is 0 Å². The van der Waals surface area contributed by atoms with Gasteiger partial charge in [0.1, 0.15) is 18.2 Å². The number of aliphatic hydroxyl groups excluding tert-OH is 1. The minimum absolute atomic E-state index is 0.0743. The monoisotopic (exact) mass is 336 g/mol. The smallest absolute Gasteiger partial charge is 0.261 e. The third kappa shape index (κ3) is 2.81. The standard InChI is InChI=1S/C20H20N2O3/c1-22-19(21-16-9-3-2-6-15(16)20(22)24)12-25-18-11-5-7-13-14(18)8-4-10-17(13)23/h2-3,5-7,9,11,17,23H,4,8,10,12H2,1H3. The molecule has 0 bridgehead atoms. The van der Waals surface area contributed by atoms with Gasteiger partial charge in [0.25, 0.3) is 5.56 Å². The van der Waals surface area contributed by atoms with E-state index in [0.717, 1.165) is 36.1 Å². The molecule has 1 atom stereocenters. The van der Waals surface area contributed by atoms with Crippen molar-refractivity contribution in [3.05, 3.63) is 69.8 Å². The van der Waals surface area contributed by atoms with Crippen LogP contribution in [-0.2, 0) is 20.1 Å². The lowest BCUT2D eigenvalue weighted by Crippen LogP contribution is -2.23. The first-order valence-corrected chi connectivity index (χ1v) is 8.52. The molecule has 0 saturated heterocycles. The molecule has 0 saturated carbocycles. The zero-order valence-electron chi connectivity index (χ0n) is 14.1. The quantitative estimate of drug-likeness (QED) is 0.799. The number of hydrogen-bond donors (Lipinski definition) is 1. The number of rotatable bonds is 3. The molecule has 1 aliphatic carbocycles. The number of para-hydroxylation sites is 1. The molecule has 0 aliphatic heterocycles. The van der Waals surface area contributed by atoms with E-state index in [1.165, 1.54) is 4.57 Å². The van der Waals surface area contributed by atoms with Crippen LogP contribution in [0.3, 0.4) is 0 Å². The molecular formula is C20H20N2O3. The van der Waals surface area contributed by atoms with Crippen molar-refractivity contribution in [2.24, 2.45) is 7.05 Å². The molecule has 1 aliphatic rings. The van der Waals surface area contributed by atoms with Gasteiger partial charge in [0.05, 0.1) is 17.0 Å². The number of aromatic nitrogens is 2. The fraction of sp³-hybridized carbons (Fsp3) is 0.300. The Kier molecular flexibility index (Phi) is 4.01. The molecule has 0 radical (unpaired) electrons. The van der Waals surface area contributed by atoms with Crippen molar-refractivity contribution in [2.45, 2.75) is 32.0 Å². The van der Waals surface area contributed by atoms with Crippen molar-refractivity contribution in [1.29, 1.82) is 0 Å². The van der Waals surface area contributed by atoms with Crippen LogP contribution < -0.4 is 10.3 Å². The second-order valence-corrected chi connectivity index (χ2v) is 6.43. The Morgan fingerprint density at radius 3 is 2.96 bits per heavy atom. The number of aliphatic hydroxyl groups is 1. The molecule has 0 fully saturated rings. The third-order valence-corrected chi connectivity index (χ3v) is 4.87. The Morgan fingerprint density at radius 1 is 1.24 bits per heavy atom. The van der Waals surface area contributed by atoms with Crippen molar-refractivity contribution >= 4 is 10.9 Å². The van der Waals surface area contributed by atoms with Crippen LogP contribution in [0, 0.1) is 0 Å². The molecule has 5 heteroatoms. The van der Waals surface area contributed by atoms with Gasteiger partial charge in [0, 0.05) is 7.05 Å². The second-order valence-electron chi connectivity index (χ2n) is 6.43. The Morgan fingerprint density at radius 2 is 2.08 bits per heavy atom. The van der Waals surface area contributed by atoms with E-state index in [1.54, 1.807) is 13.1 Å². The Balaban J connectivity index is 1.67. The number of ether oxygens (including phenoxy) is 1. The molecule has 3 aromatic rings. The summed E-state index contributed by atoms with van der Waals surface area (Å²) >= 11 is 0. The summed E-state index contributed by atoms with van der Waals surface area (Å²) in [6.07, 6.45) is 2.21. The molecule has 0 amide bonds. The van der Waals surface area contributed by atoms with E-state index in [4.69, 9.17) is 4.74 Å².